The van der Waals surface area contributed by atoms with Crippen LogP contribution in [0.4, 0.5) is 11.5 Å². The van der Waals surface area contributed by atoms with E-state index in [1.54, 1.807) is 36.2 Å². The summed E-state index contributed by atoms with van der Waals surface area (Å²) in [5, 5.41) is 13.4. The number of nitrogens with zero attached hydrogens (tertiary/aromatic N) is 3. The molecule has 32 heavy (non-hydrogen) atoms. The van der Waals surface area contributed by atoms with Gasteiger partial charge in [0.05, 0.1) is 11.1 Å². The van der Waals surface area contributed by atoms with Gasteiger partial charge in [-0.1, -0.05) is 18.2 Å². The number of benzene rings is 3. The van der Waals surface area contributed by atoms with Crippen LogP contribution in [0.3, 0.4) is 0 Å². The van der Waals surface area contributed by atoms with Crippen LogP contribution in [0.2, 0.25) is 0 Å². The number of phenols is 1. The number of carbonyl (C=O) groups excluding carboxylic acids is 2. The molecule has 0 aliphatic heterocycles. The van der Waals surface area contributed by atoms with E-state index in [0.717, 1.165) is 11.3 Å². The van der Waals surface area contributed by atoms with Crippen molar-refractivity contribution in [3.63, 3.8) is 0 Å². The van der Waals surface area contributed by atoms with Gasteiger partial charge in [0, 0.05) is 30.2 Å². The summed E-state index contributed by atoms with van der Waals surface area (Å²) in [5.41, 5.74) is 8.42. The van der Waals surface area contributed by atoms with E-state index in [1.807, 2.05) is 30.3 Å². The van der Waals surface area contributed by atoms with Gasteiger partial charge in [-0.25, -0.2) is 9.97 Å². The minimum absolute atomic E-state index is 0.109. The first-order chi connectivity index (χ1) is 15.4. The highest BCUT2D eigenvalue weighted by molar-refractivity contribution is 6.07. The Balaban J connectivity index is 1.54. The zero-order chi connectivity index (χ0) is 22.7. The van der Waals surface area contributed by atoms with Crippen molar-refractivity contribution in [1.29, 1.82) is 0 Å². The first kappa shape index (κ1) is 20.8. The number of aromatic hydroxyl groups is 1. The third-order valence-corrected chi connectivity index (χ3v) is 5.11. The third kappa shape index (κ3) is 4.20. The van der Waals surface area contributed by atoms with Gasteiger partial charge in [0.15, 0.2) is 0 Å². The highest BCUT2D eigenvalue weighted by atomic mass is 16.3. The molecule has 0 bridgehead atoms. The fraction of sp³-hybridized carbons (Fsp3) is 0.0833. The lowest BCUT2D eigenvalue weighted by Crippen LogP contribution is -2.26. The largest absolute Gasteiger partial charge is 0.508 e. The van der Waals surface area contributed by atoms with Crippen LogP contribution in [0.5, 0.6) is 5.75 Å². The number of anilines is 2. The van der Waals surface area contributed by atoms with Gasteiger partial charge in [-0.2, -0.15) is 0 Å². The van der Waals surface area contributed by atoms with E-state index in [2.05, 4.69) is 15.3 Å². The number of nitrogens with one attached hydrogen (secondary N) is 1. The van der Waals surface area contributed by atoms with E-state index in [4.69, 9.17) is 5.73 Å². The maximum absolute atomic E-state index is 12.8. The Morgan fingerprint density at radius 1 is 1.03 bits per heavy atom. The molecule has 2 amide bonds. The van der Waals surface area contributed by atoms with Gasteiger partial charge in [0.2, 0.25) is 0 Å². The second-order valence-corrected chi connectivity index (χ2v) is 7.22. The number of fused-ring (bicyclic) bond motifs is 1. The predicted octanol–water partition coefficient (Wildman–Crippen LogP) is 3.32. The van der Waals surface area contributed by atoms with Crippen molar-refractivity contribution in [2.24, 2.45) is 5.73 Å². The van der Waals surface area contributed by atoms with E-state index in [1.165, 1.54) is 18.5 Å². The lowest BCUT2D eigenvalue weighted by Gasteiger charge is -2.18. The summed E-state index contributed by atoms with van der Waals surface area (Å²) >= 11 is 0. The van der Waals surface area contributed by atoms with Crippen molar-refractivity contribution < 1.29 is 14.7 Å². The Morgan fingerprint density at radius 2 is 1.78 bits per heavy atom. The molecule has 0 radical (unpaired) electrons. The smallest absolute Gasteiger partial charge is 0.258 e. The van der Waals surface area contributed by atoms with Crippen LogP contribution in [0.1, 0.15) is 26.3 Å². The van der Waals surface area contributed by atoms with Crippen LogP contribution in [0.15, 0.2) is 73.1 Å². The van der Waals surface area contributed by atoms with Gasteiger partial charge in [-0.05, 0) is 54.1 Å². The molecule has 4 rings (SSSR count). The Morgan fingerprint density at radius 3 is 2.53 bits per heavy atom. The lowest BCUT2D eigenvalue weighted by molar-refractivity contribution is 0.0988. The van der Waals surface area contributed by atoms with Crippen molar-refractivity contribution in [3.05, 3.63) is 89.7 Å². The fourth-order valence-electron chi connectivity index (χ4n) is 3.40. The van der Waals surface area contributed by atoms with Crippen molar-refractivity contribution in [2.45, 2.75) is 6.54 Å². The summed E-state index contributed by atoms with van der Waals surface area (Å²) in [7, 11) is 1.70. The minimum atomic E-state index is -0.547. The van der Waals surface area contributed by atoms with Crippen molar-refractivity contribution in [2.75, 3.05) is 17.3 Å². The molecule has 8 heteroatoms. The second-order valence-electron chi connectivity index (χ2n) is 7.22. The summed E-state index contributed by atoms with van der Waals surface area (Å²) in [6.07, 6.45) is 1.39. The van der Waals surface area contributed by atoms with E-state index in [9.17, 15) is 14.7 Å². The molecular weight excluding hydrogens is 406 g/mol. The Labute approximate surface area is 184 Å². The lowest BCUT2D eigenvalue weighted by atomic mass is 10.1. The number of hydrogen-bond acceptors (Lipinski definition) is 6. The van der Waals surface area contributed by atoms with Crippen molar-refractivity contribution in [1.82, 2.24) is 9.97 Å². The molecule has 4 N–H and O–H groups in total. The van der Waals surface area contributed by atoms with Gasteiger partial charge < -0.3 is 21.1 Å². The zero-order valence-electron chi connectivity index (χ0n) is 17.3. The molecule has 4 aromatic rings. The molecule has 0 fully saturated rings. The molecule has 0 spiro atoms. The maximum Gasteiger partial charge on any atom is 0.258 e. The molecule has 3 aromatic carbocycles. The van der Waals surface area contributed by atoms with E-state index in [0.29, 0.717) is 34.4 Å². The molecule has 160 valence electrons. The fourth-order valence-corrected chi connectivity index (χ4v) is 3.40. The Hall–Kier alpha value is -4.46. The molecule has 1 heterocycles. The molecule has 0 aliphatic rings. The predicted molar refractivity (Wildman–Crippen MR) is 123 cm³/mol. The van der Waals surface area contributed by atoms with E-state index < -0.39 is 5.91 Å². The Kier molecular flexibility index (Phi) is 5.67. The number of phenolic OH excluding ortho intramolecular Hbond substituents is 1. The SMILES string of the molecule is CN(C(=O)c1ccc(O)cc1)c1cccc(CNc2ncnc3c(C(N)=O)cccc23)c1. The molecule has 0 saturated heterocycles. The number of primary amides is 1. The van der Waals surface area contributed by atoms with E-state index in [-0.39, 0.29) is 11.7 Å². The van der Waals surface area contributed by atoms with Crippen LogP contribution in [-0.4, -0.2) is 33.9 Å². The number of rotatable bonds is 6. The highest BCUT2D eigenvalue weighted by Gasteiger charge is 2.14. The quantitative estimate of drug-likeness (QED) is 0.434. The number of amides is 2. The number of carbonyl (C=O) groups is 2. The molecule has 8 nitrogen and oxygen atoms in total. The first-order valence-electron chi connectivity index (χ1n) is 9.87. The van der Waals surface area contributed by atoms with Gasteiger partial charge >= 0.3 is 0 Å². The third-order valence-electron chi connectivity index (χ3n) is 5.11. The Bertz CT molecular complexity index is 1300. The molecule has 0 unspecified atom stereocenters. The van der Waals surface area contributed by atoms with Crippen LogP contribution in [0, 0.1) is 0 Å². The normalized spacial score (nSPS) is 10.7. The summed E-state index contributed by atoms with van der Waals surface area (Å²) in [4.78, 5) is 34.5. The second kappa shape index (κ2) is 8.73. The van der Waals surface area contributed by atoms with Crippen LogP contribution < -0.4 is 16.0 Å². The summed E-state index contributed by atoms with van der Waals surface area (Å²) in [5.74, 6) is -0.0420. The first-order valence-corrected chi connectivity index (χ1v) is 9.87. The number of aromatic nitrogens is 2. The number of nitrogens with two attached hydrogens (primary N) is 1. The van der Waals surface area contributed by atoms with Gasteiger partial charge in [-0.3, -0.25) is 9.59 Å². The number of hydrogen-bond donors (Lipinski definition) is 3. The molecule has 1 aromatic heterocycles. The topological polar surface area (TPSA) is 121 Å². The van der Waals surface area contributed by atoms with Gasteiger partial charge in [0.25, 0.3) is 11.8 Å². The standard InChI is InChI=1S/C24H21N5O3/c1-29(24(32)16-8-10-18(30)11-9-16)17-5-2-4-15(12-17)13-26-23-20-7-3-6-19(22(25)31)21(20)27-14-28-23/h2-12,14,30H,13H2,1H3,(H2,25,31)(H,26,27,28). The number of para-hydroxylation sites is 1. The van der Waals surface area contributed by atoms with Crippen LogP contribution >= 0.6 is 0 Å². The van der Waals surface area contributed by atoms with Crippen LogP contribution in [-0.2, 0) is 6.54 Å². The highest BCUT2D eigenvalue weighted by Crippen LogP contribution is 2.24. The molecule has 0 atom stereocenters. The monoisotopic (exact) mass is 427 g/mol. The average molecular weight is 427 g/mol. The summed E-state index contributed by atoms with van der Waals surface area (Å²) < 4.78 is 0. The minimum Gasteiger partial charge on any atom is -0.508 e. The zero-order valence-corrected chi connectivity index (χ0v) is 17.3. The average Bonchev–Trinajstić information content (AvgIpc) is 2.82. The maximum atomic E-state index is 12.8. The van der Waals surface area contributed by atoms with Crippen molar-refractivity contribution in [3.8, 4) is 5.75 Å². The van der Waals surface area contributed by atoms with Gasteiger partial charge in [-0.15, -0.1) is 0 Å². The van der Waals surface area contributed by atoms with E-state index >= 15 is 0 Å². The van der Waals surface area contributed by atoms with Gasteiger partial charge in [0.1, 0.15) is 17.9 Å². The van der Waals surface area contributed by atoms with Crippen LogP contribution in [0.25, 0.3) is 10.9 Å². The molecule has 0 aliphatic carbocycles. The molecule has 0 saturated carbocycles. The molecular formula is C24H21N5O3. The summed E-state index contributed by atoms with van der Waals surface area (Å²) in [6, 6.07) is 18.9. The van der Waals surface area contributed by atoms with Crippen molar-refractivity contribution >= 4 is 34.2 Å². The summed E-state index contributed by atoms with van der Waals surface area (Å²) in [6.45, 7) is 0.446.